The minimum absolute atomic E-state index is 0.101. The summed E-state index contributed by atoms with van der Waals surface area (Å²) in [5.41, 5.74) is -6.06. The third kappa shape index (κ3) is 2.07. The third-order valence-electron chi connectivity index (χ3n) is 7.19. The topological polar surface area (TPSA) is 190 Å². The van der Waals surface area contributed by atoms with Gasteiger partial charge in [0.25, 0.3) is 0 Å². The maximum absolute atomic E-state index is 10.2. The Labute approximate surface area is 185 Å². The first-order valence-electron chi connectivity index (χ1n) is 9.60. The Kier molecular flexibility index (Phi) is 4.67. The lowest BCUT2D eigenvalue weighted by molar-refractivity contribution is 0.163. The lowest BCUT2D eigenvalue weighted by atomic mass is 9.43. The summed E-state index contributed by atoms with van der Waals surface area (Å²) in [5, 5.41) is 80.1. The second kappa shape index (κ2) is 6.84. The van der Waals surface area contributed by atoms with Crippen molar-refractivity contribution in [2.45, 2.75) is 26.7 Å². The van der Waals surface area contributed by atoms with Gasteiger partial charge in [0.15, 0.2) is 21.7 Å². The number of rotatable bonds is 0. The van der Waals surface area contributed by atoms with Gasteiger partial charge in [-0.15, -0.1) is 0 Å². The van der Waals surface area contributed by atoms with Crippen molar-refractivity contribution < 1.29 is 0 Å². The zero-order valence-electron chi connectivity index (χ0n) is 17.3. The molecule has 0 N–H and O–H groups in total. The van der Waals surface area contributed by atoms with Crippen LogP contribution in [0.3, 0.4) is 0 Å². The van der Waals surface area contributed by atoms with Crippen molar-refractivity contribution in [3.05, 3.63) is 34.4 Å². The van der Waals surface area contributed by atoms with Gasteiger partial charge in [-0.3, -0.25) is 0 Å². The molecular formula is C24H14N8. The van der Waals surface area contributed by atoms with Crippen LogP contribution in [0.15, 0.2) is 34.4 Å². The third-order valence-corrected chi connectivity index (χ3v) is 7.19. The summed E-state index contributed by atoms with van der Waals surface area (Å²) in [6.07, 6.45) is 2.82. The van der Waals surface area contributed by atoms with E-state index in [1.165, 1.54) is 0 Å². The molecule has 3 aliphatic carbocycles. The van der Waals surface area contributed by atoms with Gasteiger partial charge in [-0.05, 0) is 19.4 Å². The Bertz CT molecular complexity index is 1310. The fourth-order valence-electron chi connectivity index (χ4n) is 5.54. The monoisotopic (exact) mass is 414 g/mol. The van der Waals surface area contributed by atoms with E-state index in [2.05, 4.69) is 0 Å². The zero-order valence-corrected chi connectivity index (χ0v) is 17.3. The number of hydrogen-bond acceptors (Lipinski definition) is 8. The van der Waals surface area contributed by atoms with Crippen LogP contribution >= 0.6 is 0 Å². The molecule has 0 aromatic carbocycles. The molecule has 32 heavy (non-hydrogen) atoms. The number of allylic oxidation sites excluding steroid dienone is 6. The maximum Gasteiger partial charge on any atom is 0.186 e. The van der Waals surface area contributed by atoms with E-state index >= 15 is 0 Å². The normalized spacial score (nSPS) is 27.2. The highest BCUT2D eigenvalue weighted by Gasteiger charge is 2.69. The second-order valence-corrected chi connectivity index (χ2v) is 8.42. The van der Waals surface area contributed by atoms with Crippen LogP contribution in [0, 0.1) is 124 Å². The maximum atomic E-state index is 10.2. The van der Waals surface area contributed by atoms with Crippen LogP contribution in [0.5, 0.6) is 0 Å². The molecular weight excluding hydrogens is 400 g/mol. The van der Waals surface area contributed by atoms with Crippen molar-refractivity contribution in [2.24, 2.45) is 33.5 Å². The Balaban J connectivity index is 2.53. The highest BCUT2D eigenvalue weighted by Crippen LogP contribution is 2.65. The largest absolute Gasteiger partial charge is 0.196 e. The zero-order chi connectivity index (χ0) is 23.9. The van der Waals surface area contributed by atoms with Crippen molar-refractivity contribution in [2.75, 3.05) is 0 Å². The van der Waals surface area contributed by atoms with E-state index in [-0.39, 0.29) is 12.8 Å². The standard InChI is InChI=1S/C24H14N8/c1-15-5-22(9-27,10-28)24(13-31,14-32)20-17(15)3-4-18-19(20)16(2)6-21(7-25,8-26)23(18,11-29)12-30/h3-4,18,20H,5-6H2,1-2H3. The first-order valence-corrected chi connectivity index (χ1v) is 9.60. The van der Waals surface area contributed by atoms with Crippen LogP contribution < -0.4 is 0 Å². The van der Waals surface area contributed by atoms with Gasteiger partial charge < -0.3 is 0 Å². The van der Waals surface area contributed by atoms with Gasteiger partial charge in [0.2, 0.25) is 0 Å². The smallest absolute Gasteiger partial charge is 0.186 e. The predicted molar refractivity (Wildman–Crippen MR) is 105 cm³/mol. The fourth-order valence-corrected chi connectivity index (χ4v) is 5.54. The number of hydrogen-bond donors (Lipinski definition) is 0. The van der Waals surface area contributed by atoms with Gasteiger partial charge in [-0.1, -0.05) is 28.9 Å². The van der Waals surface area contributed by atoms with Gasteiger partial charge in [0.1, 0.15) is 0 Å². The molecule has 0 saturated heterocycles. The summed E-state index contributed by atoms with van der Waals surface area (Å²) in [4.78, 5) is 0. The molecule has 8 nitrogen and oxygen atoms in total. The Morgan fingerprint density at radius 3 is 1.53 bits per heavy atom. The Morgan fingerprint density at radius 2 is 1.09 bits per heavy atom. The van der Waals surface area contributed by atoms with Crippen molar-refractivity contribution in [3.8, 4) is 48.6 Å². The molecule has 0 radical (unpaired) electrons. The lowest BCUT2D eigenvalue weighted by Crippen LogP contribution is -2.55. The van der Waals surface area contributed by atoms with E-state index in [0.29, 0.717) is 22.3 Å². The van der Waals surface area contributed by atoms with Crippen LogP contribution in [0.25, 0.3) is 0 Å². The van der Waals surface area contributed by atoms with Crippen LogP contribution in [-0.2, 0) is 0 Å². The van der Waals surface area contributed by atoms with Crippen molar-refractivity contribution >= 4 is 0 Å². The van der Waals surface area contributed by atoms with Crippen LogP contribution in [0.4, 0.5) is 0 Å². The highest BCUT2D eigenvalue weighted by molar-refractivity contribution is 5.59. The summed E-state index contributed by atoms with van der Waals surface area (Å²) in [6.45, 7) is 3.34. The molecule has 8 heteroatoms. The van der Waals surface area contributed by atoms with E-state index in [0.717, 1.165) is 0 Å². The summed E-state index contributed by atoms with van der Waals surface area (Å²) in [5.74, 6) is -2.13. The molecule has 0 bridgehead atoms. The van der Waals surface area contributed by atoms with E-state index in [9.17, 15) is 42.1 Å². The molecule has 0 heterocycles. The molecule has 0 amide bonds. The number of nitrogens with zero attached hydrogens (tertiary/aromatic N) is 8. The van der Waals surface area contributed by atoms with Gasteiger partial charge >= 0.3 is 0 Å². The van der Waals surface area contributed by atoms with Crippen LogP contribution in [0.1, 0.15) is 26.7 Å². The number of nitriles is 8. The molecule has 0 spiro atoms. The van der Waals surface area contributed by atoms with E-state index in [1.54, 1.807) is 26.0 Å². The average Bonchev–Trinajstić information content (AvgIpc) is 2.83. The van der Waals surface area contributed by atoms with E-state index in [4.69, 9.17) is 0 Å². The lowest BCUT2D eigenvalue weighted by Gasteiger charge is -2.52. The quantitative estimate of drug-likeness (QED) is 0.538. The average molecular weight is 414 g/mol. The molecule has 0 fully saturated rings. The predicted octanol–water partition coefficient (Wildman–Crippen LogP) is 3.36. The molecule has 2 atom stereocenters. The van der Waals surface area contributed by atoms with Gasteiger partial charge in [-0.2, -0.15) is 42.1 Å². The Morgan fingerprint density at radius 1 is 0.656 bits per heavy atom. The first-order chi connectivity index (χ1) is 15.2. The number of fused-ring (bicyclic) bond motifs is 3. The van der Waals surface area contributed by atoms with Crippen LogP contribution in [-0.4, -0.2) is 0 Å². The summed E-state index contributed by atoms with van der Waals surface area (Å²) < 4.78 is 0. The summed E-state index contributed by atoms with van der Waals surface area (Å²) in [7, 11) is 0. The second-order valence-electron chi connectivity index (χ2n) is 8.42. The van der Waals surface area contributed by atoms with Crippen molar-refractivity contribution in [3.63, 3.8) is 0 Å². The molecule has 3 rings (SSSR count). The van der Waals surface area contributed by atoms with Gasteiger partial charge in [-0.25, -0.2) is 0 Å². The fraction of sp³-hybridized carbons (Fsp3) is 0.417. The van der Waals surface area contributed by atoms with E-state index in [1.807, 2.05) is 48.6 Å². The molecule has 0 saturated carbocycles. The molecule has 3 aliphatic rings. The summed E-state index contributed by atoms with van der Waals surface area (Å²) >= 11 is 0. The van der Waals surface area contributed by atoms with Crippen molar-refractivity contribution in [1.29, 1.82) is 42.1 Å². The first kappa shape index (κ1) is 21.8. The van der Waals surface area contributed by atoms with E-state index < -0.39 is 33.5 Å². The summed E-state index contributed by atoms with van der Waals surface area (Å²) in [6, 6.07) is 15.2. The minimum Gasteiger partial charge on any atom is -0.196 e. The van der Waals surface area contributed by atoms with Crippen molar-refractivity contribution in [1.82, 2.24) is 0 Å². The minimum atomic E-state index is -2.11. The molecule has 150 valence electrons. The van der Waals surface area contributed by atoms with Gasteiger partial charge in [0.05, 0.1) is 48.6 Å². The molecule has 0 aromatic heterocycles. The molecule has 2 unspecified atom stereocenters. The van der Waals surface area contributed by atoms with Crippen LogP contribution in [0.2, 0.25) is 0 Å². The molecule has 0 aromatic rings. The SMILES string of the molecule is CC1=C2C=CC3C(=C(C)CC(C#N)(C#N)C3(C#N)C#N)C2C(C#N)(C#N)C(C#N)(C#N)C1. The Hall–Kier alpha value is -4.86. The molecule has 0 aliphatic heterocycles. The van der Waals surface area contributed by atoms with Gasteiger partial charge in [0, 0.05) is 24.7 Å². The highest BCUT2D eigenvalue weighted by atomic mass is 14.7.